The number of esters is 3. The van der Waals surface area contributed by atoms with Gasteiger partial charge in [-0.05, 0) is 103 Å². The molecule has 6 heteroatoms. The monoisotopic (exact) mass is 895 g/mol. The Labute approximate surface area is 396 Å². The normalized spacial score (nSPS) is 12.5. The van der Waals surface area contributed by atoms with Crippen molar-refractivity contribution in [1.29, 1.82) is 0 Å². The predicted molar refractivity (Wildman–Crippen MR) is 275 cm³/mol. The first-order chi connectivity index (χ1) is 31.5. The van der Waals surface area contributed by atoms with Crippen LogP contribution in [0.3, 0.4) is 0 Å². The molecule has 0 saturated carbocycles. The molecule has 0 aromatic carbocycles. The SMILES string of the molecule is CCC/C=C\C/C=C\CCCCCCCC(=O)OCC(COC(=O)CCCCCCCCC/C=C\C/C=C\CCCCC)OC(=O)CCCCCCC/C=C\CCCCCCCCC. The molecule has 0 heterocycles. The fourth-order valence-electron chi connectivity index (χ4n) is 7.56. The summed E-state index contributed by atoms with van der Waals surface area (Å²) in [5, 5.41) is 0. The molecule has 0 amide bonds. The van der Waals surface area contributed by atoms with E-state index in [0.717, 1.165) is 109 Å². The van der Waals surface area contributed by atoms with Crippen molar-refractivity contribution in [3.8, 4) is 0 Å². The lowest BCUT2D eigenvalue weighted by molar-refractivity contribution is -0.167. The lowest BCUT2D eigenvalue weighted by atomic mass is 10.1. The number of carbonyl (C=O) groups is 3. The highest BCUT2D eigenvalue weighted by molar-refractivity contribution is 5.71. The van der Waals surface area contributed by atoms with Gasteiger partial charge in [0, 0.05) is 19.3 Å². The van der Waals surface area contributed by atoms with E-state index >= 15 is 0 Å². The molecule has 64 heavy (non-hydrogen) atoms. The van der Waals surface area contributed by atoms with Gasteiger partial charge in [0.1, 0.15) is 13.2 Å². The summed E-state index contributed by atoms with van der Waals surface area (Å²) in [6, 6.07) is 0. The Hall–Kier alpha value is -2.89. The fourth-order valence-corrected chi connectivity index (χ4v) is 7.56. The van der Waals surface area contributed by atoms with Gasteiger partial charge >= 0.3 is 17.9 Å². The topological polar surface area (TPSA) is 78.9 Å². The average molecular weight is 895 g/mol. The van der Waals surface area contributed by atoms with Gasteiger partial charge in [-0.25, -0.2) is 0 Å². The van der Waals surface area contributed by atoms with Gasteiger partial charge < -0.3 is 14.2 Å². The van der Waals surface area contributed by atoms with Crippen LogP contribution in [0.1, 0.15) is 271 Å². The van der Waals surface area contributed by atoms with Crippen molar-refractivity contribution < 1.29 is 28.6 Å². The van der Waals surface area contributed by atoms with E-state index in [1.54, 1.807) is 0 Å². The van der Waals surface area contributed by atoms with E-state index in [-0.39, 0.29) is 31.1 Å². The minimum absolute atomic E-state index is 0.0858. The van der Waals surface area contributed by atoms with Gasteiger partial charge in [0.05, 0.1) is 0 Å². The molecule has 6 nitrogen and oxygen atoms in total. The molecule has 0 spiro atoms. The number of hydrogen-bond donors (Lipinski definition) is 0. The third-order valence-corrected chi connectivity index (χ3v) is 11.7. The summed E-state index contributed by atoms with van der Waals surface area (Å²) in [6.45, 7) is 6.53. The Morgan fingerprint density at radius 1 is 0.312 bits per heavy atom. The van der Waals surface area contributed by atoms with Crippen molar-refractivity contribution in [3.05, 3.63) is 60.8 Å². The summed E-state index contributed by atoms with van der Waals surface area (Å²) in [5.74, 6) is -0.909. The highest BCUT2D eigenvalue weighted by Crippen LogP contribution is 2.14. The van der Waals surface area contributed by atoms with E-state index in [2.05, 4.69) is 81.5 Å². The Kier molecular flexibility index (Phi) is 50.4. The lowest BCUT2D eigenvalue weighted by Gasteiger charge is -2.18. The maximum absolute atomic E-state index is 12.8. The summed E-state index contributed by atoms with van der Waals surface area (Å²) >= 11 is 0. The van der Waals surface area contributed by atoms with Crippen LogP contribution < -0.4 is 0 Å². The van der Waals surface area contributed by atoms with E-state index in [4.69, 9.17) is 14.2 Å². The number of allylic oxidation sites excluding steroid dienone is 10. The van der Waals surface area contributed by atoms with Gasteiger partial charge in [0.15, 0.2) is 6.10 Å². The zero-order valence-electron chi connectivity index (χ0n) is 42.3. The quantitative estimate of drug-likeness (QED) is 0.0262. The molecule has 370 valence electrons. The van der Waals surface area contributed by atoms with Crippen molar-refractivity contribution in [1.82, 2.24) is 0 Å². The smallest absolute Gasteiger partial charge is 0.306 e. The highest BCUT2D eigenvalue weighted by Gasteiger charge is 2.19. The van der Waals surface area contributed by atoms with Gasteiger partial charge in [0.25, 0.3) is 0 Å². The Morgan fingerprint density at radius 3 is 0.969 bits per heavy atom. The number of hydrogen-bond acceptors (Lipinski definition) is 6. The first-order valence-electron chi connectivity index (χ1n) is 27.3. The van der Waals surface area contributed by atoms with Gasteiger partial charge in [-0.2, -0.15) is 0 Å². The van der Waals surface area contributed by atoms with Crippen molar-refractivity contribution in [2.24, 2.45) is 0 Å². The van der Waals surface area contributed by atoms with Crippen LogP contribution >= 0.6 is 0 Å². The van der Waals surface area contributed by atoms with Gasteiger partial charge in [-0.15, -0.1) is 0 Å². The van der Waals surface area contributed by atoms with Crippen LogP contribution in [0, 0.1) is 0 Å². The van der Waals surface area contributed by atoms with E-state index in [9.17, 15) is 14.4 Å². The van der Waals surface area contributed by atoms with E-state index < -0.39 is 6.10 Å². The molecule has 1 unspecified atom stereocenters. The highest BCUT2D eigenvalue weighted by atomic mass is 16.6. The molecular weight excluding hydrogens is 793 g/mol. The largest absolute Gasteiger partial charge is 0.462 e. The standard InChI is InChI=1S/C58H102O6/c1-4-7-10-13-16-19-22-25-27-29-31-33-36-39-42-45-48-51-57(60)63-54-55(53-62-56(59)50-47-44-41-38-35-32-24-21-18-15-12-9-6-3)64-58(61)52-49-46-43-40-37-34-30-28-26-23-20-17-14-11-8-5-2/h12,15-16,19,21,24-25,27-28,30,55H,4-11,13-14,17-18,20,22-23,26,29,31-54H2,1-3H3/b15-12-,19-16-,24-21-,27-25-,30-28-. The molecule has 0 aliphatic heterocycles. The second kappa shape index (κ2) is 52.7. The third-order valence-electron chi connectivity index (χ3n) is 11.7. The number of rotatable bonds is 49. The fraction of sp³-hybridized carbons (Fsp3) is 0.776. The third kappa shape index (κ3) is 50.1. The van der Waals surface area contributed by atoms with Gasteiger partial charge in [-0.1, -0.05) is 210 Å². The maximum atomic E-state index is 12.8. The summed E-state index contributed by atoms with van der Waals surface area (Å²) < 4.78 is 16.8. The molecule has 0 N–H and O–H groups in total. The second-order valence-corrected chi connectivity index (χ2v) is 18.1. The molecular formula is C58H102O6. The molecule has 0 rings (SSSR count). The van der Waals surface area contributed by atoms with Crippen LogP contribution in [0.4, 0.5) is 0 Å². The van der Waals surface area contributed by atoms with E-state index in [0.29, 0.717) is 19.3 Å². The summed E-state index contributed by atoms with van der Waals surface area (Å²) in [7, 11) is 0. The van der Waals surface area contributed by atoms with Crippen molar-refractivity contribution in [2.75, 3.05) is 13.2 Å². The van der Waals surface area contributed by atoms with Gasteiger partial charge in [-0.3, -0.25) is 14.4 Å². The minimum Gasteiger partial charge on any atom is -0.462 e. The summed E-state index contributed by atoms with van der Waals surface area (Å²) in [4.78, 5) is 38.0. The van der Waals surface area contributed by atoms with E-state index in [1.165, 1.54) is 122 Å². The molecule has 1 atom stereocenters. The Bertz CT molecular complexity index is 1170. The number of unbranched alkanes of at least 4 members (excludes halogenated alkanes) is 28. The lowest BCUT2D eigenvalue weighted by Crippen LogP contribution is -2.30. The zero-order chi connectivity index (χ0) is 46.5. The number of ether oxygens (including phenoxy) is 3. The van der Waals surface area contributed by atoms with Crippen molar-refractivity contribution >= 4 is 17.9 Å². The summed E-state index contributed by atoms with van der Waals surface area (Å²) in [6.07, 6.45) is 64.8. The van der Waals surface area contributed by atoms with Crippen LogP contribution in [0.25, 0.3) is 0 Å². The molecule has 0 aromatic rings. The average Bonchev–Trinajstić information content (AvgIpc) is 3.29. The maximum Gasteiger partial charge on any atom is 0.306 e. The second-order valence-electron chi connectivity index (χ2n) is 18.1. The predicted octanol–water partition coefficient (Wildman–Crippen LogP) is 18.0. The Balaban J connectivity index is 4.40. The van der Waals surface area contributed by atoms with Crippen molar-refractivity contribution in [3.63, 3.8) is 0 Å². The van der Waals surface area contributed by atoms with Crippen LogP contribution in [-0.2, 0) is 28.6 Å². The molecule has 0 aliphatic carbocycles. The molecule has 0 aliphatic rings. The molecule has 0 aromatic heterocycles. The number of carbonyl (C=O) groups excluding carboxylic acids is 3. The zero-order valence-corrected chi connectivity index (χ0v) is 42.3. The molecule has 0 radical (unpaired) electrons. The van der Waals surface area contributed by atoms with Crippen LogP contribution in [0.5, 0.6) is 0 Å². The Morgan fingerprint density at radius 2 is 0.594 bits per heavy atom. The van der Waals surface area contributed by atoms with E-state index in [1.807, 2.05) is 0 Å². The molecule has 0 bridgehead atoms. The van der Waals surface area contributed by atoms with Crippen LogP contribution in [-0.4, -0.2) is 37.2 Å². The van der Waals surface area contributed by atoms with Crippen LogP contribution in [0.15, 0.2) is 60.8 Å². The summed E-state index contributed by atoms with van der Waals surface area (Å²) in [5.41, 5.74) is 0. The van der Waals surface area contributed by atoms with Gasteiger partial charge in [0.2, 0.25) is 0 Å². The first kappa shape index (κ1) is 61.1. The molecule has 0 fully saturated rings. The minimum atomic E-state index is -0.787. The first-order valence-corrected chi connectivity index (χ1v) is 27.3. The molecule has 0 saturated heterocycles. The van der Waals surface area contributed by atoms with Crippen molar-refractivity contribution in [2.45, 2.75) is 277 Å². The van der Waals surface area contributed by atoms with Crippen LogP contribution in [0.2, 0.25) is 0 Å².